The van der Waals surface area contributed by atoms with Gasteiger partial charge in [0.2, 0.25) is 5.91 Å². The summed E-state index contributed by atoms with van der Waals surface area (Å²) in [6.07, 6.45) is 1.41. The first-order chi connectivity index (χ1) is 12.1. The van der Waals surface area contributed by atoms with E-state index in [1.165, 1.54) is 22.2 Å². The summed E-state index contributed by atoms with van der Waals surface area (Å²) in [6, 6.07) is 11.1. The van der Waals surface area contributed by atoms with Gasteiger partial charge in [0.1, 0.15) is 22.6 Å². The second kappa shape index (κ2) is 6.18. The highest BCUT2D eigenvalue weighted by Crippen LogP contribution is 2.23. The Morgan fingerprint density at radius 2 is 2.20 bits per heavy atom. The Labute approximate surface area is 146 Å². The number of furan rings is 1. The number of nitrogens with one attached hydrogen (secondary N) is 1. The second-order valence-corrected chi connectivity index (χ2v) is 6.70. The van der Waals surface area contributed by atoms with Crippen LogP contribution in [0.1, 0.15) is 18.7 Å². The van der Waals surface area contributed by atoms with Gasteiger partial charge in [-0.3, -0.25) is 14.2 Å². The lowest BCUT2D eigenvalue weighted by atomic mass is 10.2. The van der Waals surface area contributed by atoms with Crippen molar-refractivity contribution in [1.82, 2.24) is 14.9 Å². The van der Waals surface area contributed by atoms with Crippen LogP contribution in [0.3, 0.4) is 0 Å². The molecule has 0 spiro atoms. The van der Waals surface area contributed by atoms with Crippen LogP contribution in [-0.4, -0.2) is 15.5 Å². The van der Waals surface area contributed by atoms with Crippen LogP contribution in [0.2, 0.25) is 0 Å². The number of hydrogen-bond acceptors (Lipinski definition) is 5. The minimum atomic E-state index is -0.297. The number of nitrogens with zero attached hydrogens (tertiary/aromatic N) is 2. The topological polar surface area (TPSA) is 77.1 Å². The fourth-order valence-corrected chi connectivity index (χ4v) is 3.51. The zero-order chi connectivity index (χ0) is 17.4. The molecule has 1 amide bonds. The van der Waals surface area contributed by atoms with Crippen LogP contribution in [0.25, 0.3) is 21.2 Å². The molecule has 0 bridgehead atoms. The number of amides is 1. The summed E-state index contributed by atoms with van der Waals surface area (Å²) >= 11 is 1.33. The van der Waals surface area contributed by atoms with E-state index in [2.05, 4.69) is 10.3 Å². The zero-order valence-electron chi connectivity index (χ0n) is 13.4. The van der Waals surface area contributed by atoms with Crippen LogP contribution < -0.4 is 10.9 Å². The molecule has 25 heavy (non-hydrogen) atoms. The van der Waals surface area contributed by atoms with E-state index >= 15 is 0 Å². The third-order valence-electron chi connectivity index (χ3n) is 4.00. The standard InChI is InChI=1S/C18H15N3O3S/c1-11(15-8-12-4-2-3-5-14(12)24-15)20-16(22)9-21-10-19-13-6-7-25-17(13)18(21)23/h2-8,10-11H,9H2,1H3,(H,20,22)/t11-/m1/s1. The second-order valence-electron chi connectivity index (χ2n) is 5.79. The first-order valence-corrected chi connectivity index (χ1v) is 8.70. The highest BCUT2D eigenvalue weighted by Gasteiger charge is 2.15. The Bertz CT molecular complexity index is 1090. The van der Waals surface area contributed by atoms with Gasteiger partial charge in [0.05, 0.1) is 17.9 Å². The van der Waals surface area contributed by atoms with Gasteiger partial charge in [-0.25, -0.2) is 4.98 Å². The van der Waals surface area contributed by atoms with E-state index in [1.807, 2.05) is 42.6 Å². The van der Waals surface area contributed by atoms with Gasteiger partial charge in [-0.15, -0.1) is 11.3 Å². The maximum Gasteiger partial charge on any atom is 0.271 e. The van der Waals surface area contributed by atoms with Gasteiger partial charge in [0.15, 0.2) is 0 Å². The molecule has 1 atom stereocenters. The fraction of sp³-hybridized carbons (Fsp3) is 0.167. The molecule has 1 aromatic carbocycles. The van der Waals surface area contributed by atoms with Crippen molar-refractivity contribution in [3.05, 3.63) is 64.2 Å². The maximum absolute atomic E-state index is 12.3. The summed E-state index contributed by atoms with van der Waals surface area (Å²) in [5.41, 5.74) is 1.23. The lowest BCUT2D eigenvalue weighted by Gasteiger charge is -2.12. The molecule has 0 aliphatic heterocycles. The Hall–Kier alpha value is -2.93. The molecule has 1 N–H and O–H groups in total. The van der Waals surface area contributed by atoms with E-state index in [-0.39, 0.29) is 24.1 Å². The smallest absolute Gasteiger partial charge is 0.271 e. The van der Waals surface area contributed by atoms with Gasteiger partial charge in [0, 0.05) is 5.39 Å². The molecule has 0 aliphatic rings. The SMILES string of the molecule is C[C@@H](NC(=O)Cn1cnc2ccsc2c1=O)c1cc2ccccc2o1. The van der Waals surface area contributed by atoms with E-state index in [1.54, 1.807) is 6.07 Å². The van der Waals surface area contributed by atoms with Crippen molar-refractivity contribution in [1.29, 1.82) is 0 Å². The number of thiophene rings is 1. The van der Waals surface area contributed by atoms with Crippen molar-refractivity contribution in [2.75, 3.05) is 0 Å². The Morgan fingerprint density at radius 1 is 1.36 bits per heavy atom. The van der Waals surface area contributed by atoms with Crippen LogP contribution >= 0.6 is 11.3 Å². The van der Waals surface area contributed by atoms with Crippen molar-refractivity contribution in [2.24, 2.45) is 0 Å². The van der Waals surface area contributed by atoms with Crippen LogP contribution in [0.5, 0.6) is 0 Å². The summed E-state index contributed by atoms with van der Waals surface area (Å²) in [7, 11) is 0. The van der Waals surface area contributed by atoms with Crippen LogP contribution in [0.4, 0.5) is 0 Å². The number of fused-ring (bicyclic) bond motifs is 2. The van der Waals surface area contributed by atoms with E-state index in [4.69, 9.17) is 4.42 Å². The first kappa shape index (κ1) is 15.6. The molecule has 6 nitrogen and oxygen atoms in total. The summed E-state index contributed by atoms with van der Waals surface area (Å²) in [6.45, 7) is 1.77. The molecule has 0 saturated heterocycles. The van der Waals surface area contributed by atoms with Gasteiger partial charge in [-0.1, -0.05) is 18.2 Å². The molecular formula is C18H15N3O3S. The zero-order valence-corrected chi connectivity index (χ0v) is 14.2. The normalized spacial score (nSPS) is 12.5. The number of hydrogen-bond donors (Lipinski definition) is 1. The van der Waals surface area contributed by atoms with Crippen molar-refractivity contribution in [2.45, 2.75) is 19.5 Å². The van der Waals surface area contributed by atoms with Crippen LogP contribution in [0, 0.1) is 0 Å². The maximum atomic E-state index is 12.3. The van der Waals surface area contributed by atoms with Crippen LogP contribution in [0.15, 0.2) is 57.3 Å². The fourth-order valence-electron chi connectivity index (χ4n) is 2.72. The summed E-state index contributed by atoms with van der Waals surface area (Å²) in [5.74, 6) is 0.404. The van der Waals surface area contributed by atoms with Gasteiger partial charge in [0.25, 0.3) is 5.56 Å². The largest absolute Gasteiger partial charge is 0.459 e. The summed E-state index contributed by atoms with van der Waals surface area (Å²) in [5, 5.41) is 5.66. The molecular weight excluding hydrogens is 338 g/mol. The molecule has 4 rings (SSSR count). The number of para-hydroxylation sites is 1. The monoisotopic (exact) mass is 353 g/mol. The molecule has 0 radical (unpaired) electrons. The number of benzene rings is 1. The molecule has 0 fully saturated rings. The molecule has 0 aliphatic carbocycles. The third kappa shape index (κ3) is 2.94. The third-order valence-corrected chi connectivity index (χ3v) is 4.89. The van der Waals surface area contributed by atoms with Gasteiger partial charge < -0.3 is 9.73 Å². The minimum absolute atomic E-state index is 0.0791. The quantitative estimate of drug-likeness (QED) is 0.612. The van der Waals surface area contributed by atoms with Gasteiger partial charge >= 0.3 is 0 Å². The molecule has 126 valence electrons. The van der Waals surface area contributed by atoms with E-state index in [0.717, 1.165) is 11.0 Å². The average molecular weight is 353 g/mol. The highest BCUT2D eigenvalue weighted by molar-refractivity contribution is 7.17. The lowest BCUT2D eigenvalue weighted by Crippen LogP contribution is -2.33. The summed E-state index contributed by atoms with van der Waals surface area (Å²) < 4.78 is 7.63. The number of carbonyl (C=O) groups excluding carboxylic acids is 1. The van der Waals surface area contributed by atoms with Crippen molar-refractivity contribution >= 4 is 38.4 Å². The Balaban J connectivity index is 1.50. The highest BCUT2D eigenvalue weighted by atomic mass is 32.1. The van der Waals surface area contributed by atoms with Crippen molar-refractivity contribution in [3.63, 3.8) is 0 Å². The van der Waals surface area contributed by atoms with E-state index in [9.17, 15) is 9.59 Å². The number of rotatable bonds is 4. The van der Waals surface area contributed by atoms with Crippen LogP contribution in [-0.2, 0) is 11.3 Å². The van der Waals surface area contributed by atoms with E-state index in [0.29, 0.717) is 16.0 Å². The van der Waals surface area contributed by atoms with Gasteiger partial charge in [-0.2, -0.15) is 0 Å². The van der Waals surface area contributed by atoms with E-state index < -0.39 is 0 Å². The first-order valence-electron chi connectivity index (χ1n) is 7.82. The number of carbonyl (C=O) groups is 1. The average Bonchev–Trinajstić information content (AvgIpc) is 3.24. The van der Waals surface area contributed by atoms with Gasteiger partial charge in [-0.05, 0) is 30.5 Å². The summed E-state index contributed by atoms with van der Waals surface area (Å²) in [4.78, 5) is 28.8. The van der Waals surface area contributed by atoms with Crippen molar-refractivity contribution in [3.8, 4) is 0 Å². The molecule has 7 heteroatoms. The van der Waals surface area contributed by atoms with Crippen molar-refractivity contribution < 1.29 is 9.21 Å². The molecule has 3 aromatic heterocycles. The Kier molecular flexibility index (Phi) is 3.85. The molecule has 0 unspecified atom stereocenters. The molecule has 4 aromatic rings. The predicted octanol–water partition coefficient (Wildman–Crippen LogP) is 3.08. The number of aromatic nitrogens is 2. The minimum Gasteiger partial charge on any atom is -0.459 e. The molecule has 0 saturated carbocycles. The Morgan fingerprint density at radius 3 is 3.04 bits per heavy atom. The predicted molar refractivity (Wildman–Crippen MR) is 96.7 cm³/mol. The molecule has 3 heterocycles. The lowest BCUT2D eigenvalue weighted by molar-refractivity contribution is -0.122.